The maximum Gasteiger partial charge on any atom is 0.223 e. The molecule has 4 aromatic rings. The largest absolute Gasteiger partial charge is 0.495 e. The lowest BCUT2D eigenvalue weighted by molar-refractivity contribution is -0.134. The van der Waals surface area contributed by atoms with Crippen LogP contribution in [0.3, 0.4) is 0 Å². The SMILES string of the molecule is COc1ccc(-c2nc(-c3ccncc3)nn2CCN(C(=O)CC2Cc3ccccc3C2)C2CCCC2)cc1Cl. The molecule has 2 aromatic carbocycles. The minimum Gasteiger partial charge on any atom is -0.495 e. The molecular formula is C32H34ClN5O2. The van der Waals surface area contributed by atoms with Crippen molar-refractivity contribution in [3.8, 4) is 28.5 Å². The molecule has 2 aliphatic rings. The summed E-state index contributed by atoms with van der Waals surface area (Å²) in [6.07, 6.45) is 10.5. The monoisotopic (exact) mass is 555 g/mol. The molecule has 2 heterocycles. The number of hydrogen-bond acceptors (Lipinski definition) is 5. The first-order chi connectivity index (χ1) is 19.6. The lowest BCUT2D eigenvalue weighted by Crippen LogP contribution is -2.41. The van der Waals surface area contributed by atoms with Crippen LogP contribution < -0.4 is 4.74 Å². The normalized spacial score (nSPS) is 15.3. The van der Waals surface area contributed by atoms with E-state index in [-0.39, 0.29) is 5.91 Å². The van der Waals surface area contributed by atoms with Crippen LogP contribution in [0.4, 0.5) is 0 Å². The number of hydrogen-bond donors (Lipinski definition) is 0. The topological polar surface area (TPSA) is 73.1 Å². The van der Waals surface area contributed by atoms with E-state index in [0.717, 1.165) is 36.8 Å². The lowest BCUT2D eigenvalue weighted by atomic mass is 10.0. The predicted molar refractivity (Wildman–Crippen MR) is 156 cm³/mol. The zero-order valence-corrected chi connectivity index (χ0v) is 23.6. The number of amides is 1. The van der Waals surface area contributed by atoms with Gasteiger partial charge in [-0.15, -0.1) is 0 Å². The van der Waals surface area contributed by atoms with Crippen molar-refractivity contribution in [1.29, 1.82) is 0 Å². The summed E-state index contributed by atoms with van der Waals surface area (Å²) in [4.78, 5) is 25.0. The molecule has 0 atom stereocenters. The highest BCUT2D eigenvalue weighted by molar-refractivity contribution is 6.32. The Bertz CT molecular complexity index is 1460. The molecule has 1 amide bonds. The van der Waals surface area contributed by atoms with E-state index in [0.29, 0.717) is 53.9 Å². The summed E-state index contributed by atoms with van der Waals surface area (Å²) < 4.78 is 7.26. The number of halogens is 1. The highest BCUT2D eigenvalue weighted by Gasteiger charge is 2.30. The Hall–Kier alpha value is -3.71. The molecule has 2 aliphatic carbocycles. The second kappa shape index (κ2) is 11.8. The maximum absolute atomic E-state index is 13.8. The van der Waals surface area contributed by atoms with E-state index in [1.807, 2.05) is 35.0 Å². The Morgan fingerprint density at radius 2 is 1.75 bits per heavy atom. The van der Waals surface area contributed by atoms with Crippen LogP contribution in [0.5, 0.6) is 5.75 Å². The Morgan fingerprint density at radius 3 is 2.42 bits per heavy atom. The van der Waals surface area contributed by atoms with Gasteiger partial charge in [0.05, 0.1) is 18.7 Å². The molecule has 1 fully saturated rings. The van der Waals surface area contributed by atoms with Crippen molar-refractivity contribution in [2.24, 2.45) is 5.92 Å². The third-order valence-electron chi connectivity index (χ3n) is 8.26. The summed E-state index contributed by atoms with van der Waals surface area (Å²) in [6, 6.07) is 18.3. The quantitative estimate of drug-likeness (QED) is 0.244. The van der Waals surface area contributed by atoms with Crippen LogP contribution >= 0.6 is 11.6 Å². The third-order valence-corrected chi connectivity index (χ3v) is 8.55. The minimum absolute atomic E-state index is 0.258. The van der Waals surface area contributed by atoms with E-state index in [9.17, 15) is 4.79 Å². The molecule has 0 spiro atoms. The molecule has 206 valence electrons. The first-order valence-electron chi connectivity index (χ1n) is 14.1. The molecule has 40 heavy (non-hydrogen) atoms. The van der Waals surface area contributed by atoms with Gasteiger partial charge in [-0.2, -0.15) is 5.10 Å². The highest BCUT2D eigenvalue weighted by atomic mass is 35.5. The molecule has 0 bridgehead atoms. The molecular weight excluding hydrogens is 522 g/mol. The van der Waals surface area contributed by atoms with Crippen molar-refractivity contribution in [3.63, 3.8) is 0 Å². The number of nitrogens with zero attached hydrogens (tertiary/aromatic N) is 5. The summed E-state index contributed by atoms with van der Waals surface area (Å²) in [5, 5.41) is 5.40. The van der Waals surface area contributed by atoms with Crippen LogP contribution in [0.15, 0.2) is 67.0 Å². The molecule has 0 N–H and O–H groups in total. The zero-order valence-electron chi connectivity index (χ0n) is 22.8. The molecule has 6 rings (SSSR count). The van der Waals surface area contributed by atoms with Gasteiger partial charge in [-0.1, -0.05) is 48.7 Å². The molecule has 1 saturated carbocycles. The number of rotatable bonds is 9. The molecule has 0 radical (unpaired) electrons. The fraction of sp³-hybridized carbons (Fsp3) is 0.375. The molecule has 8 heteroatoms. The van der Waals surface area contributed by atoms with E-state index in [1.54, 1.807) is 19.5 Å². The van der Waals surface area contributed by atoms with Crippen LogP contribution in [0, 0.1) is 5.92 Å². The molecule has 0 unspecified atom stereocenters. The third kappa shape index (κ3) is 5.61. The molecule has 0 saturated heterocycles. The first kappa shape index (κ1) is 26.5. The first-order valence-corrected chi connectivity index (χ1v) is 14.5. The zero-order chi connectivity index (χ0) is 27.5. The second-order valence-corrected chi connectivity index (χ2v) is 11.2. The Labute approximate surface area is 240 Å². The summed E-state index contributed by atoms with van der Waals surface area (Å²) in [5.41, 5.74) is 4.52. The van der Waals surface area contributed by atoms with Crippen LogP contribution in [-0.2, 0) is 24.2 Å². The average molecular weight is 556 g/mol. The number of carbonyl (C=O) groups excluding carboxylic acids is 1. The van der Waals surface area contributed by atoms with Crippen molar-refractivity contribution in [1.82, 2.24) is 24.6 Å². The number of aromatic nitrogens is 4. The van der Waals surface area contributed by atoms with Gasteiger partial charge in [0.1, 0.15) is 5.75 Å². The van der Waals surface area contributed by atoms with Crippen molar-refractivity contribution < 1.29 is 9.53 Å². The van der Waals surface area contributed by atoms with E-state index >= 15 is 0 Å². The Balaban J connectivity index is 1.25. The molecule has 2 aromatic heterocycles. The van der Waals surface area contributed by atoms with Gasteiger partial charge >= 0.3 is 0 Å². The van der Waals surface area contributed by atoms with Gasteiger partial charge in [0.2, 0.25) is 5.91 Å². The van der Waals surface area contributed by atoms with Gasteiger partial charge in [-0.05, 0) is 73.1 Å². The minimum atomic E-state index is 0.258. The standard InChI is InChI=1S/C32H34ClN5O2/c1-40-29-11-10-26(21-28(29)33)32-35-31(23-12-14-34-15-13-23)36-38(32)17-16-37(27-8-4-5-9-27)30(39)20-22-18-24-6-2-3-7-25(24)19-22/h2-3,6-7,10-15,21-22,27H,4-5,8-9,16-20H2,1H3. The summed E-state index contributed by atoms with van der Waals surface area (Å²) >= 11 is 6.48. The number of carbonyl (C=O) groups is 1. The summed E-state index contributed by atoms with van der Waals surface area (Å²) in [6.45, 7) is 1.14. The van der Waals surface area contributed by atoms with E-state index in [1.165, 1.54) is 24.0 Å². The number of benzene rings is 2. The molecule has 0 aliphatic heterocycles. The number of methoxy groups -OCH3 is 1. The van der Waals surface area contributed by atoms with Crippen molar-refractivity contribution >= 4 is 17.5 Å². The van der Waals surface area contributed by atoms with Crippen LogP contribution in [0.1, 0.15) is 43.2 Å². The number of fused-ring (bicyclic) bond motifs is 1. The van der Waals surface area contributed by atoms with Crippen LogP contribution in [0.25, 0.3) is 22.8 Å². The van der Waals surface area contributed by atoms with Crippen molar-refractivity contribution in [2.75, 3.05) is 13.7 Å². The van der Waals surface area contributed by atoms with E-state index in [2.05, 4.69) is 34.1 Å². The van der Waals surface area contributed by atoms with E-state index in [4.69, 9.17) is 26.4 Å². The smallest absolute Gasteiger partial charge is 0.223 e. The van der Waals surface area contributed by atoms with Crippen molar-refractivity contribution in [2.45, 2.75) is 57.5 Å². The van der Waals surface area contributed by atoms with Gasteiger partial charge < -0.3 is 9.64 Å². The predicted octanol–water partition coefficient (Wildman–Crippen LogP) is 6.25. The Morgan fingerprint density at radius 1 is 1.02 bits per heavy atom. The number of pyridine rings is 1. The van der Waals surface area contributed by atoms with Crippen molar-refractivity contribution in [3.05, 3.63) is 83.1 Å². The lowest BCUT2D eigenvalue weighted by Gasteiger charge is -2.30. The van der Waals surface area contributed by atoms with Gasteiger partial charge in [0, 0.05) is 42.5 Å². The number of ether oxygens (including phenoxy) is 1. The van der Waals surface area contributed by atoms with Crippen LogP contribution in [-0.4, -0.2) is 50.3 Å². The molecule has 7 nitrogen and oxygen atoms in total. The maximum atomic E-state index is 13.8. The fourth-order valence-electron chi connectivity index (χ4n) is 6.23. The van der Waals surface area contributed by atoms with Gasteiger partial charge in [-0.3, -0.25) is 9.78 Å². The summed E-state index contributed by atoms with van der Waals surface area (Å²) in [7, 11) is 1.60. The fourth-order valence-corrected chi connectivity index (χ4v) is 6.49. The Kier molecular flexibility index (Phi) is 7.82. The van der Waals surface area contributed by atoms with Gasteiger partial charge in [0.15, 0.2) is 11.6 Å². The van der Waals surface area contributed by atoms with Crippen LogP contribution in [0.2, 0.25) is 5.02 Å². The highest BCUT2D eigenvalue weighted by Crippen LogP contribution is 2.32. The second-order valence-electron chi connectivity index (χ2n) is 10.8. The van der Waals surface area contributed by atoms with E-state index < -0.39 is 0 Å². The van der Waals surface area contributed by atoms with Gasteiger partial charge in [-0.25, -0.2) is 9.67 Å². The average Bonchev–Trinajstić information content (AvgIpc) is 3.74. The summed E-state index contributed by atoms with van der Waals surface area (Å²) in [5.74, 6) is 2.56. The van der Waals surface area contributed by atoms with Gasteiger partial charge in [0.25, 0.3) is 0 Å².